The molecular weight excluding hydrogens is 302 g/mol. The fourth-order valence-electron chi connectivity index (χ4n) is 2.52. The van der Waals surface area contributed by atoms with E-state index in [9.17, 15) is 9.59 Å². The lowest BCUT2D eigenvalue weighted by molar-refractivity contribution is -0.115. The Balaban J connectivity index is 1.69. The summed E-state index contributed by atoms with van der Waals surface area (Å²) in [6.07, 6.45) is 7.23. The lowest BCUT2D eigenvalue weighted by atomic mass is 9.92. The van der Waals surface area contributed by atoms with Crippen molar-refractivity contribution in [2.24, 2.45) is 5.73 Å². The summed E-state index contributed by atoms with van der Waals surface area (Å²) in [5, 5.41) is 5.16. The molecule has 116 valence electrons. The smallest absolute Gasteiger partial charge is 0.290 e. The van der Waals surface area contributed by atoms with Gasteiger partial charge in [0.15, 0.2) is 0 Å². The van der Waals surface area contributed by atoms with E-state index < -0.39 is 0 Å². The lowest BCUT2D eigenvalue weighted by Gasteiger charge is -2.26. The van der Waals surface area contributed by atoms with E-state index in [1.165, 1.54) is 0 Å². The van der Waals surface area contributed by atoms with Crippen molar-refractivity contribution in [1.29, 1.82) is 0 Å². The summed E-state index contributed by atoms with van der Waals surface area (Å²) in [5.41, 5.74) is 6.49. The molecule has 0 spiro atoms. The number of amides is 2. The SMILES string of the molecule is NC1CCC(Nc2nccc(/C=C3\SC(=O)NC3=O)n2)CC1. The molecule has 1 aliphatic carbocycles. The molecule has 1 saturated heterocycles. The van der Waals surface area contributed by atoms with E-state index in [4.69, 9.17) is 5.73 Å². The number of imide groups is 1. The number of carbonyl (C=O) groups excluding carboxylic acids is 2. The summed E-state index contributed by atoms with van der Waals surface area (Å²) in [6, 6.07) is 2.32. The minimum absolute atomic E-state index is 0.297. The van der Waals surface area contributed by atoms with Gasteiger partial charge in [0.05, 0.1) is 10.6 Å². The van der Waals surface area contributed by atoms with Crippen molar-refractivity contribution < 1.29 is 9.59 Å². The number of hydrogen-bond acceptors (Lipinski definition) is 7. The van der Waals surface area contributed by atoms with Crippen molar-refractivity contribution in [1.82, 2.24) is 15.3 Å². The molecular formula is C14H17N5O2S. The van der Waals surface area contributed by atoms with Gasteiger partial charge in [0.1, 0.15) is 0 Å². The molecule has 8 heteroatoms. The van der Waals surface area contributed by atoms with Crippen LogP contribution in [-0.2, 0) is 4.79 Å². The maximum Gasteiger partial charge on any atom is 0.290 e. The van der Waals surface area contributed by atoms with Crippen LogP contribution in [-0.4, -0.2) is 33.2 Å². The first-order valence-corrected chi connectivity index (χ1v) is 8.02. The zero-order chi connectivity index (χ0) is 15.5. The Morgan fingerprint density at radius 3 is 2.77 bits per heavy atom. The van der Waals surface area contributed by atoms with Crippen LogP contribution in [0.1, 0.15) is 31.4 Å². The molecule has 3 rings (SSSR count). The number of nitrogens with two attached hydrogens (primary N) is 1. The third kappa shape index (κ3) is 3.63. The third-order valence-corrected chi connectivity index (χ3v) is 4.51. The van der Waals surface area contributed by atoms with Gasteiger partial charge < -0.3 is 11.1 Å². The average Bonchev–Trinajstić information content (AvgIpc) is 2.80. The van der Waals surface area contributed by atoms with E-state index in [1.54, 1.807) is 18.3 Å². The van der Waals surface area contributed by atoms with Gasteiger partial charge in [-0.05, 0) is 49.6 Å². The van der Waals surface area contributed by atoms with Crippen LogP contribution in [0.25, 0.3) is 6.08 Å². The summed E-state index contributed by atoms with van der Waals surface area (Å²) < 4.78 is 0. The van der Waals surface area contributed by atoms with Crippen LogP contribution in [0.5, 0.6) is 0 Å². The Kier molecular flexibility index (Phi) is 4.39. The Morgan fingerprint density at radius 2 is 2.09 bits per heavy atom. The third-order valence-electron chi connectivity index (χ3n) is 3.70. The number of carbonyl (C=O) groups is 2. The molecule has 2 heterocycles. The van der Waals surface area contributed by atoms with E-state index in [0.717, 1.165) is 37.4 Å². The van der Waals surface area contributed by atoms with Gasteiger partial charge in [-0.25, -0.2) is 9.97 Å². The van der Waals surface area contributed by atoms with Gasteiger partial charge in [-0.15, -0.1) is 0 Å². The Bertz CT molecular complexity index is 625. The highest BCUT2D eigenvalue weighted by atomic mass is 32.2. The number of anilines is 1. The lowest BCUT2D eigenvalue weighted by Crippen LogP contribution is -2.33. The van der Waals surface area contributed by atoms with Gasteiger partial charge in [-0.3, -0.25) is 14.9 Å². The maximum absolute atomic E-state index is 11.5. The zero-order valence-electron chi connectivity index (χ0n) is 11.9. The summed E-state index contributed by atoms with van der Waals surface area (Å²) in [6.45, 7) is 0. The molecule has 0 unspecified atom stereocenters. The molecule has 1 aromatic heterocycles. The number of thioether (sulfide) groups is 1. The molecule has 2 fully saturated rings. The molecule has 1 aliphatic heterocycles. The van der Waals surface area contributed by atoms with Crippen LogP contribution < -0.4 is 16.4 Å². The Hall–Kier alpha value is -1.93. The van der Waals surface area contributed by atoms with Crippen LogP contribution in [0.2, 0.25) is 0 Å². The summed E-state index contributed by atoms with van der Waals surface area (Å²) >= 11 is 0.877. The molecule has 0 atom stereocenters. The highest BCUT2D eigenvalue weighted by molar-refractivity contribution is 8.18. The highest BCUT2D eigenvalue weighted by Crippen LogP contribution is 2.25. The van der Waals surface area contributed by atoms with Crippen LogP contribution in [0.4, 0.5) is 10.7 Å². The molecule has 0 aromatic carbocycles. The fraction of sp³-hybridized carbons (Fsp3) is 0.429. The largest absolute Gasteiger partial charge is 0.351 e. The molecule has 4 N–H and O–H groups in total. The van der Waals surface area contributed by atoms with Gasteiger partial charge >= 0.3 is 0 Å². The van der Waals surface area contributed by atoms with Gasteiger partial charge in [0.25, 0.3) is 11.1 Å². The van der Waals surface area contributed by atoms with Crippen LogP contribution in [0.15, 0.2) is 17.2 Å². The van der Waals surface area contributed by atoms with Crippen LogP contribution in [0.3, 0.4) is 0 Å². The minimum atomic E-state index is -0.385. The monoisotopic (exact) mass is 319 g/mol. The minimum Gasteiger partial charge on any atom is -0.351 e. The van der Waals surface area contributed by atoms with E-state index in [1.807, 2.05) is 0 Å². The molecule has 1 aromatic rings. The molecule has 0 bridgehead atoms. The van der Waals surface area contributed by atoms with Crippen molar-refractivity contribution in [3.05, 3.63) is 22.9 Å². The molecule has 1 saturated carbocycles. The quantitative estimate of drug-likeness (QED) is 0.724. The first-order valence-electron chi connectivity index (χ1n) is 7.20. The Morgan fingerprint density at radius 1 is 1.32 bits per heavy atom. The number of rotatable bonds is 3. The first kappa shape index (κ1) is 15.0. The maximum atomic E-state index is 11.5. The normalized spacial score (nSPS) is 27.0. The number of nitrogens with zero attached hydrogens (tertiary/aromatic N) is 2. The van der Waals surface area contributed by atoms with Crippen molar-refractivity contribution in [2.45, 2.75) is 37.8 Å². The predicted octanol–water partition coefficient (Wildman–Crippen LogP) is 1.48. The van der Waals surface area contributed by atoms with Crippen LogP contribution >= 0.6 is 11.8 Å². The number of aromatic nitrogens is 2. The number of nitrogens with one attached hydrogen (secondary N) is 2. The second kappa shape index (κ2) is 6.45. The molecule has 22 heavy (non-hydrogen) atoms. The standard InChI is InChI=1S/C14H17N5O2S/c15-8-1-3-9(4-2-8)17-13-16-6-5-10(18-13)7-11-12(20)19-14(21)22-11/h5-9H,1-4,15H2,(H,16,17,18)(H,19,20,21)/b11-7-. The molecule has 0 radical (unpaired) electrons. The zero-order valence-corrected chi connectivity index (χ0v) is 12.7. The highest BCUT2D eigenvalue weighted by Gasteiger charge is 2.25. The fourth-order valence-corrected chi connectivity index (χ4v) is 3.19. The molecule has 2 amide bonds. The molecule has 7 nitrogen and oxygen atoms in total. The van der Waals surface area contributed by atoms with Crippen molar-refractivity contribution in [2.75, 3.05) is 5.32 Å². The average molecular weight is 319 g/mol. The number of hydrogen-bond donors (Lipinski definition) is 3. The van der Waals surface area contributed by atoms with E-state index in [2.05, 4.69) is 20.6 Å². The second-order valence-corrected chi connectivity index (χ2v) is 6.43. The Labute approximate surface area is 132 Å². The topological polar surface area (TPSA) is 110 Å². The molecule has 2 aliphatic rings. The van der Waals surface area contributed by atoms with Gasteiger partial charge in [0.2, 0.25) is 5.95 Å². The second-order valence-electron chi connectivity index (χ2n) is 5.41. The van der Waals surface area contributed by atoms with Gasteiger partial charge in [0, 0.05) is 18.3 Å². The van der Waals surface area contributed by atoms with E-state index in [-0.39, 0.29) is 11.1 Å². The summed E-state index contributed by atoms with van der Waals surface area (Å²) in [4.78, 5) is 31.6. The van der Waals surface area contributed by atoms with E-state index in [0.29, 0.717) is 28.6 Å². The van der Waals surface area contributed by atoms with Crippen molar-refractivity contribution in [3.63, 3.8) is 0 Å². The predicted molar refractivity (Wildman–Crippen MR) is 85.0 cm³/mol. The first-order chi connectivity index (χ1) is 10.6. The van der Waals surface area contributed by atoms with Gasteiger partial charge in [-0.2, -0.15) is 0 Å². The van der Waals surface area contributed by atoms with E-state index >= 15 is 0 Å². The van der Waals surface area contributed by atoms with Crippen LogP contribution in [0, 0.1) is 0 Å². The summed E-state index contributed by atoms with van der Waals surface area (Å²) in [7, 11) is 0. The summed E-state index contributed by atoms with van der Waals surface area (Å²) in [5.74, 6) is 0.147. The van der Waals surface area contributed by atoms with Crippen molar-refractivity contribution >= 4 is 34.9 Å². The van der Waals surface area contributed by atoms with Gasteiger partial charge in [-0.1, -0.05) is 0 Å². The van der Waals surface area contributed by atoms with Crippen molar-refractivity contribution in [3.8, 4) is 0 Å².